The van der Waals surface area contributed by atoms with Crippen LogP contribution < -0.4 is 15.2 Å². The summed E-state index contributed by atoms with van der Waals surface area (Å²) >= 11 is 6.24. The molecule has 0 amide bonds. The highest BCUT2D eigenvalue weighted by atomic mass is 35.5. The lowest BCUT2D eigenvalue weighted by Crippen LogP contribution is -2.17. The van der Waals surface area contributed by atoms with Gasteiger partial charge in [-0.25, -0.2) is 0 Å². The highest BCUT2D eigenvalue weighted by molar-refractivity contribution is 6.33. The Balaban J connectivity index is 2.59. The maximum absolute atomic E-state index is 6.24. The van der Waals surface area contributed by atoms with Crippen LogP contribution in [-0.2, 0) is 0 Å². The fraction of sp³-hybridized carbons (Fsp3) is 0.455. The van der Waals surface area contributed by atoms with Crippen LogP contribution in [0, 0.1) is 6.92 Å². The predicted octanol–water partition coefficient (Wildman–Crippen LogP) is 2.44. The van der Waals surface area contributed by atoms with Crippen molar-refractivity contribution in [2.75, 3.05) is 13.2 Å². The molecule has 1 aromatic rings. The van der Waals surface area contributed by atoms with Crippen LogP contribution in [0.15, 0.2) is 6.07 Å². The molecule has 82 valence electrons. The van der Waals surface area contributed by atoms with Crippen molar-refractivity contribution in [3.05, 3.63) is 22.2 Å². The van der Waals surface area contributed by atoms with Crippen molar-refractivity contribution in [2.24, 2.45) is 5.73 Å². The number of rotatable bonds is 1. The van der Waals surface area contributed by atoms with Gasteiger partial charge in [-0.05, 0) is 31.0 Å². The van der Waals surface area contributed by atoms with E-state index in [0.717, 1.165) is 11.1 Å². The summed E-state index contributed by atoms with van der Waals surface area (Å²) in [5.74, 6) is 1.34. The first-order valence-corrected chi connectivity index (χ1v) is 5.33. The van der Waals surface area contributed by atoms with Gasteiger partial charge in [0.25, 0.3) is 0 Å². The second kappa shape index (κ2) is 3.91. The molecule has 1 atom stereocenters. The molecule has 0 spiro atoms. The van der Waals surface area contributed by atoms with Crippen LogP contribution in [0.2, 0.25) is 5.02 Å². The maximum atomic E-state index is 6.24. The summed E-state index contributed by atoms with van der Waals surface area (Å²) in [5, 5.41) is 0.583. The summed E-state index contributed by atoms with van der Waals surface area (Å²) in [7, 11) is 0. The second-order valence-electron chi connectivity index (χ2n) is 3.73. The molecule has 0 aliphatic carbocycles. The molecule has 1 aromatic carbocycles. The van der Waals surface area contributed by atoms with Gasteiger partial charge in [0, 0.05) is 6.04 Å². The van der Waals surface area contributed by atoms with Gasteiger partial charge in [-0.15, -0.1) is 0 Å². The van der Waals surface area contributed by atoms with Gasteiger partial charge >= 0.3 is 0 Å². The highest BCUT2D eigenvalue weighted by Crippen LogP contribution is 2.42. The minimum absolute atomic E-state index is 0.103. The van der Waals surface area contributed by atoms with Gasteiger partial charge in [-0.1, -0.05) is 11.6 Å². The Morgan fingerprint density at radius 1 is 1.40 bits per heavy atom. The van der Waals surface area contributed by atoms with Gasteiger partial charge in [-0.3, -0.25) is 0 Å². The molecular formula is C11H14ClNO2. The Morgan fingerprint density at radius 3 is 2.73 bits per heavy atom. The van der Waals surface area contributed by atoms with E-state index in [4.69, 9.17) is 26.8 Å². The van der Waals surface area contributed by atoms with Crippen LogP contribution in [0.5, 0.6) is 11.5 Å². The molecule has 1 unspecified atom stereocenters. The number of ether oxygens (including phenoxy) is 2. The summed E-state index contributed by atoms with van der Waals surface area (Å²) in [6.07, 6.45) is 0. The van der Waals surface area contributed by atoms with Crippen LogP contribution in [0.4, 0.5) is 0 Å². The van der Waals surface area contributed by atoms with Crippen molar-refractivity contribution in [3.8, 4) is 11.5 Å². The summed E-state index contributed by atoms with van der Waals surface area (Å²) in [5.41, 5.74) is 7.84. The molecule has 2 rings (SSSR count). The van der Waals surface area contributed by atoms with Crippen molar-refractivity contribution < 1.29 is 9.47 Å². The summed E-state index contributed by atoms with van der Waals surface area (Å²) in [6.45, 7) is 4.99. The molecule has 0 radical (unpaired) electrons. The van der Waals surface area contributed by atoms with E-state index in [9.17, 15) is 0 Å². The Kier molecular flexibility index (Phi) is 2.76. The molecule has 0 saturated carbocycles. The Hall–Kier alpha value is -0.930. The van der Waals surface area contributed by atoms with Crippen molar-refractivity contribution in [1.82, 2.24) is 0 Å². The van der Waals surface area contributed by atoms with Crippen LogP contribution >= 0.6 is 11.6 Å². The van der Waals surface area contributed by atoms with E-state index in [1.165, 1.54) is 0 Å². The standard InChI is InChI=1S/C11H14ClNO2/c1-6-5-8-11(15-4-3-14-8)10(12)9(6)7(2)13/h5,7H,3-4,13H2,1-2H3. The summed E-state index contributed by atoms with van der Waals surface area (Å²) in [4.78, 5) is 0. The van der Waals surface area contributed by atoms with Crippen LogP contribution in [-0.4, -0.2) is 13.2 Å². The molecule has 0 bridgehead atoms. The zero-order valence-corrected chi connectivity index (χ0v) is 9.60. The van der Waals surface area contributed by atoms with Gasteiger partial charge in [0.1, 0.15) is 13.2 Å². The van der Waals surface area contributed by atoms with Crippen molar-refractivity contribution in [3.63, 3.8) is 0 Å². The monoisotopic (exact) mass is 227 g/mol. The number of nitrogens with two attached hydrogens (primary N) is 1. The number of benzene rings is 1. The van der Waals surface area contributed by atoms with E-state index in [1.54, 1.807) is 0 Å². The van der Waals surface area contributed by atoms with Gasteiger partial charge in [-0.2, -0.15) is 0 Å². The second-order valence-corrected chi connectivity index (χ2v) is 4.11. The van der Waals surface area contributed by atoms with Gasteiger partial charge in [0.15, 0.2) is 11.5 Å². The van der Waals surface area contributed by atoms with Gasteiger partial charge in [0.05, 0.1) is 5.02 Å². The zero-order chi connectivity index (χ0) is 11.0. The predicted molar refractivity (Wildman–Crippen MR) is 59.8 cm³/mol. The first-order chi connectivity index (χ1) is 7.11. The molecule has 0 saturated heterocycles. The maximum Gasteiger partial charge on any atom is 0.180 e. The topological polar surface area (TPSA) is 44.5 Å². The van der Waals surface area contributed by atoms with E-state index in [2.05, 4.69) is 0 Å². The quantitative estimate of drug-likeness (QED) is 0.802. The van der Waals surface area contributed by atoms with Crippen LogP contribution in [0.1, 0.15) is 24.1 Å². The van der Waals surface area contributed by atoms with Crippen LogP contribution in [0.25, 0.3) is 0 Å². The van der Waals surface area contributed by atoms with Gasteiger partial charge in [0.2, 0.25) is 0 Å². The third kappa shape index (κ3) is 1.77. The minimum atomic E-state index is -0.103. The van der Waals surface area contributed by atoms with Crippen molar-refractivity contribution >= 4 is 11.6 Å². The third-order valence-electron chi connectivity index (χ3n) is 2.47. The Bertz CT molecular complexity index is 391. The SMILES string of the molecule is Cc1cc2c(c(Cl)c1C(C)N)OCCO2. The number of aryl methyl sites for hydroxylation is 1. The van der Waals surface area contributed by atoms with E-state index < -0.39 is 0 Å². The van der Waals surface area contributed by atoms with E-state index in [0.29, 0.717) is 29.7 Å². The first-order valence-electron chi connectivity index (χ1n) is 4.95. The van der Waals surface area contributed by atoms with E-state index in [1.807, 2.05) is 19.9 Å². The van der Waals surface area contributed by atoms with Gasteiger partial charge < -0.3 is 15.2 Å². The summed E-state index contributed by atoms with van der Waals surface area (Å²) < 4.78 is 11.0. The molecular weight excluding hydrogens is 214 g/mol. The molecule has 0 fully saturated rings. The number of halogens is 1. The Labute approximate surface area is 94.1 Å². The number of hydrogen-bond donors (Lipinski definition) is 1. The number of fused-ring (bicyclic) bond motifs is 1. The zero-order valence-electron chi connectivity index (χ0n) is 8.84. The van der Waals surface area contributed by atoms with E-state index in [-0.39, 0.29) is 6.04 Å². The van der Waals surface area contributed by atoms with Crippen LogP contribution in [0.3, 0.4) is 0 Å². The molecule has 1 heterocycles. The molecule has 1 aliphatic rings. The Morgan fingerprint density at radius 2 is 2.07 bits per heavy atom. The molecule has 15 heavy (non-hydrogen) atoms. The minimum Gasteiger partial charge on any atom is -0.486 e. The summed E-state index contributed by atoms with van der Waals surface area (Å²) in [6, 6.07) is 1.83. The largest absolute Gasteiger partial charge is 0.486 e. The smallest absolute Gasteiger partial charge is 0.180 e. The molecule has 2 N–H and O–H groups in total. The van der Waals surface area contributed by atoms with E-state index >= 15 is 0 Å². The fourth-order valence-corrected chi connectivity index (χ4v) is 2.31. The average molecular weight is 228 g/mol. The molecule has 3 nitrogen and oxygen atoms in total. The number of hydrogen-bond acceptors (Lipinski definition) is 3. The highest BCUT2D eigenvalue weighted by Gasteiger charge is 2.21. The first kappa shape index (κ1) is 10.6. The molecule has 0 aromatic heterocycles. The average Bonchev–Trinajstić information content (AvgIpc) is 2.17. The lowest BCUT2D eigenvalue weighted by molar-refractivity contribution is 0.171. The third-order valence-corrected chi connectivity index (χ3v) is 2.85. The molecule has 4 heteroatoms. The lowest BCUT2D eigenvalue weighted by atomic mass is 10.0. The van der Waals surface area contributed by atoms with Crippen molar-refractivity contribution in [2.45, 2.75) is 19.9 Å². The van der Waals surface area contributed by atoms with Crippen molar-refractivity contribution in [1.29, 1.82) is 0 Å². The normalized spacial score (nSPS) is 16.3. The fourth-order valence-electron chi connectivity index (χ4n) is 1.84. The molecule has 1 aliphatic heterocycles. The lowest BCUT2D eigenvalue weighted by Gasteiger charge is -2.23.